The molecule has 2 saturated heterocycles. The van der Waals surface area contributed by atoms with Crippen LogP contribution in [0, 0.1) is 10.1 Å². The number of nitro benzene ring substituents is 1. The van der Waals surface area contributed by atoms with Gasteiger partial charge in [-0.3, -0.25) is 15.0 Å². The van der Waals surface area contributed by atoms with Crippen molar-refractivity contribution in [2.24, 2.45) is 0 Å². The summed E-state index contributed by atoms with van der Waals surface area (Å²) >= 11 is 0. The number of hydrogen-bond donors (Lipinski definition) is 0. The summed E-state index contributed by atoms with van der Waals surface area (Å²) in [5.74, 6) is 0. The molecule has 5 heteroatoms. The van der Waals surface area contributed by atoms with E-state index in [1.54, 1.807) is 6.07 Å². The Morgan fingerprint density at radius 2 is 1.88 bits per heavy atom. The van der Waals surface area contributed by atoms with Crippen LogP contribution in [0.4, 0.5) is 11.4 Å². The molecule has 0 unspecified atom stereocenters. The molecule has 2 aromatic rings. The number of rotatable bonds is 4. The Balaban J connectivity index is 1.96. The maximum absolute atomic E-state index is 11.8. The normalized spacial score (nSPS) is 19.5. The highest BCUT2D eigenvalue weighted by atomic mass is 16.6. The van der Waals surface area contributed by atoms with Crippen molar-refractivity contribution in [3.05, 3.63) is 46.5 Å². The maximum Gasteiger partial charge on any atom is 0.293 e. The van der Waals surface area contributed by atoms with E-state index >= 15 is 0 Å². The van der Waals surface area contributed by atoms with Gasteiger partial charge in [0.15, 0.2) is 0 Å². The van der Waals surface area contributed by atoms with Crippen molar-refractivity contribution in [2.45, 2.75) is 38.3 Å². The second-order valence-electron chi connectivity index (χ2n) is 6.83. The summed E-state index contributed by atoms with van der Waals surface area (Å²) in [6, 6.07) is 11.6. The van der Waals surface area contributed by atoms with Gasteiger partial charge in [-0.15, -0.1) is 0 Å². The topological polar surface area (TPSA) is 49.6 Å². The lowest BCUT2D eigenvalue weighted by Gasteiger charge is -2.44. The summed E-state index contributed by atoms with van der Waals surface area (Å²) in [5, 5.41) is 13.8. The molecule has 0 N–H and O–H groups in total. The molecule has 2 fully saturated rings. The monoisotopic (exact) mass is 325 g/mol. The molecule has 2 aliphatic heterocycles. The summed E-state index contributed by atoms with van der Waals surface area (Å²) in [5.41, 5.74) is 0.988. The summed E-state index contributed by atoms with van der Waals surface area (Å²) in [4.78, 5) is 16.4. The molecule has 0 bridgehead atoms. The van der Waals surface area contributed by atoms with Crippen LogP contribution in [0.2, 0.25) is 0 Å². The molecular formula is C19H23N3O2. The molecule has 126 valence electrons. The first-order valence-corrected chi connectivity index (χ1v) is 8.86. The quantitative estimate of drug-likeness (QED) is 0.625. The Morgan fingerprint density at radius 3 is 2.54 bits per heavy atom. The van der Waals surface area contributed by atoms with Crippen molar-refractivity contribution in [3.63, 3.8) is 0 Å². The van der Waals surface area contributed by atoms with E-state index < -0.39 is 0 Å². The highest BCUT2D eigenvalue weighted by Crippen LogP contribution is 2.47. The van der Waals surface area contributed by atoms with Crippen LogP contribution >= 0.6 is 0 Å². The van der Waals surface area contributed by atoms with Crippen LogP contribution in [0.3, 0.4) is 0 Å². The predicted octanol–water partition coefficient (Wildman–Crippen LogP) is 4.16. The molecule has 5 nitrogen and oxygen atoms in total. The van der Waals surface area contributed by atoms with Gasteiger partial charge in [0.1, 0.15) is 5.69 Å². The van der Waals surface area contributed by atoms with E-state index in [2.05, 4.69) is 16.7 Å². The largest absolute Gasteiger partial charge is 0.347 e. The second kappa shape index (κ2) is 5.74. The number of nitro groups is 1. The van der Waals surface area contributed by atoms with Crippen LogP contribution < -0.4 is 4.90 Å². The molecule has 2 aliphatic rings. The zero-order valence-electron chi connectivity index (χ0n) is 14.1. The average molecular weight is 325 g/mol. The van der Waals surface area contributed by atoms with E-state index in [-0.39, 0.29) is 16.3 Å². The molecule has 0 aromatic heterocycles. The van der Waals surface area contributed by atoms with E-state index in [9.17, 15) is 10.1 Å². The zero-order valence-corrected chi connectivity index (χ0v) is 14.1. The first-order valence-electron chi connectivity index (χ1n) is 8.86. The van der Waals surface area contributed by atoms with Gasteiger partial charge in [0, 0.05) is 31.1 Å². The summed E-state index contributed by atoms with van der Waals surface area (Å²) in [7, 11) is 0. The molecule has 4 rings (SSSR count). The standard InChI is InChI=1S/C19H23N3O2/c1-2-21(19-11-5-13-20(19)14-6-12-19)18-16-8-4-3-7-15(16)9-10-17(18)22(23)24/h3-4,7-10H,2,5-6,11-14H2,1H3. The van der Waals surface area contributed by atoms with Crippen LogP contribution in [0.15, 0.2) is 36.4 Å². The van der Waals surface area contributed by atoms with E-state index in [0.29, 0.717) is 0 Å². The molecular weight excluding hydrogens is 302 g/mol. The highest BCUT2D eigenvalue weighted by Gasteiger charge is 2.49. The van der Waals surface area contributed by atoms with Crippen LogP contribution in [0.5, 0.6) is 0 Å². The third-order valence-electron chi connectivity index (χ3n) is 5.76. The molecule has 2 heterocycles. The van der Waals surface area contributed by atoms with Crippen molar-refractivity contribution in [2.75, 3.05) is 24.5 Å². The minimum atomic E-state index is -0.227. The summed E-state index contributed by atoms with van der Waals surface area (Å²) in [6.07, 6.45) is 4.55. The van der Waals surface area contributed by atoms with Crippen LogP contribution in [-0.4, -0.2) is 35.1 Å². The number of fused-ring (bicyclic) bond motifs is 2. The fraction of sp³-hybridized carbons (Fsp3) is 0.474. The van der Waals surface area contributed by atoms with Gasteiger partial charge in [-0.2, -0.15) is 0 Å². The number of anilines is 1. The smallest absolute Gasteiger partial charge is 0.293 e. The van der Waals surface area contributed by atoms with Gasteiger partial charge in [0.2, 0.25) is 0 Å². The number of benzene rings is 2. The second-order valence-corrected chi connectivity index (χ2v) is 6.83. The Morgan fingerprint density at radius 1 is 1.17 bits per heavy atom. The average Bonchev–Trinajstić information content (AvgIpc) is 3.16. The lowest BCUT2D eigenvalue weighted by Crippen LogP contribution is -2.54. The van der Waals surface area contributed by atoms with E-state index in [1.807, 2.05) is 30.3 Å². The molecule has 0 atom stereocenters. The van der Waals surface area contributed by atoms with Crippen LogP contribution in [0.25, 0.3) is 10.8 Å². The highest BCUT2D eigenvalue weighted by molar-refractivity contribution is 5.99. The Kier molecular flexibility index (Phi) is 3.68. The molecule has 24 heavy (non-hydrogen) atoms. The summed E-state index contributed by atoms with van der Waals surface area (Å²) in [6.45, 7) is 5.12. The van der Waals surface area contributed by atoms with Crippen molar-refractivity contribution in [1.29, 1.82) is 0 Å². The zero-order chi connectivity index (χ0) is 16.7. The van der Waals surface area contributed by atoms with Gasteiger partial charge >= 0.3 is 0 Å². The first kappa shape index (κ1) is 15.4. The SMILES string of the molecule is CCN(c1c([N+](=O)[O-])ccc2ccccc12)C12CCCN1CCC2. The molecule has 0 saturated carbocycles. The Bertz CT molecular complexity index is 779. The van der Waals surface area contributed by atoms with E-state index in [1.165, 1.54) is 12.8 Å². The lowest BCUT2D eigenvalue weighted by atomic mass is 9.98. The fourth-order valence-corrected chi connectivity index (χ4v) is 4.85. The van der Waals surface area contributed by atoms with E-state index in [0.717, 1.165) is 48.9 Å². The molecule has 2 aromatic carbocycles. The molecule has 0 radical (unpaired) electrons. The third kappa shape index (κ3) is 2.11. The minimum absolute atomic E-state index is 0.0381. The third-order valence-corrected chi connectivity index (χ3v) is 5.76. The molecule has 0 aliphatic carbocycles. The van der Waals surface area contributed by atoms with Crippen molar-refractivity contribution in [3.8, 4) is 0 Å². The molecule has 0 spiro atoms. The lowest BCUT2D eigenvalue weighted by molar-refractivity contribution is -0.384. The van der Waals surface area contributed by atoms with E-state index in [4.69, 9.17) is 0 Å². The van der Waals surface area contributed by atoms with Crippen molar-refractivity contribution < 1.29 is 4.92 Å². The maximum atomic E-state index is 11.8. The van der Waals surface area contributed by atoms with Crippen molar-refractivity contribution >= 4 is 22.1 Å². The van der Waals surface area contributed by atoms with Gasteiger partial charge in [0.05, 0.1) is 10.6 Å². The van der Waals surface area contributed by atoms with Gasteiger partial charge in [-0.1, -0.05) is 24.3 Å². The Hall–Kier alpha value is -2.14. The predicted molar refractivity (Wildman–Crippen MR) is 96.4 cm³/mol. The van der Waals surface area contributed by atoms with Crippen LogP contribution in [0.1, 0.15) is 32.6 Å². The van der Waals surface area contributed by atoms with Crippen molar-refractivity contribution in [1.82, 2.24) is 4.90 Å². The summed E-state index contributed by atoms with van der Waals surface area (Å²) < 4.78 is 0. The fourth-order valence-electron chi connectivity index (χ4n) is 4.85. The number of hydrogen-bond acceptors (Lipinski definition) is 4. The van der Waals surface area contributed by atoms with Crippen LogP contribution in [-0.2, 0) is 0 Å². The molecule has 0 amide bonds. The van der Waals surface area contributed by atoms with Gasteiger partial charge in [0.25, 0.3) is 5.69 Å². The Labute approximate surface area is 142 Å². The van der Waals surface area contributed by atoms with Gasteiger partial charge in [-0.05, 0) is 44.1 Å². The van der Waals surface area contributed by atoms with Gasteiger partial charge in [-0.25, -0.2) is 0 Å². The van der Waals surface area contributed by atoms with Gasteiger partial charge < -0.3 is 4.90 Å². The first-order chi connectivity index (χ1) is 11.7. The minimum Gasteiger partial charge on any atom is -0.347 e. The number of nitrogens with zero attached hydrogens (tertiary/aromatic N) is 3.